The van der Waals surface area contributed by atoms with Crippen molar-refractivity contribution in [2.24, 2.45) is 5.73 Å². The molecule has 0 aliphatic rings. The van der Waals surface area contributed by atoms with Crippen LogP contribution in [0.5, 0.6) is 0 Å². The summed E-state index contributed by atoms with van der Waals surface area (Å²) in [6.07, 6.45) is 2.22. The molecule has 1 heteroatoms. The summed E-state index contributed by atoms with van der Waals surface area (Å²) in [7, 11) is 0. The van der Waals surface area contributed by atoms with Gasteiger partial charge >= 0.3 is 0 Å². The predicted octanol–water partition coefficient (Wildman–Crippen LogP) is 3.41. The van der Waals surface area contributed by atoms with Crippen molar-refractivity contribution in [2.75, 3.05) is 0 Å². The fourth-order valence-electron chi connectivity index (χ4n) is 1.85. The predicted molar refractivity (Wildman–Crippen MR) is 62.5 cm³/mol. The lowest BCUT2D eigenvalue weighted by Crippen LogP contribution is -2.11. The summed E-state index contributed by atoms with van der Waals surface area (Å²) in [4.78, 5) is 0. The van der Waals surface area contributed by atoms with Gasteiger partial charge in [-0.1, -0.05) is 25.5 Å². The van der Waals surface area contributed by atoms with E-state index >= 15 is 0 Å². The van der Waals surface area contributed by atoms with Crippen LogP contribution in [-0.2, 0) is 0 Å². The molecule has 0 bridgehead atoms. The van der Waals surface area contributed by atoms with Crippen LogP contribution in [0.2, 0.25) is 0 Å². The molecule has 1 aromatic carbocycles. The largest absolute Gasteiger partial charge is 0.324 e. The van der Waals surface area contributed by atoms with Crippen molar-refractivity contribution in [2.45, 2.75) is 46.6 Å². The average Bonchev–Trinajstić information content (AvgIpc) is 2.11. The number of hydrogen-bond donors (Lipinski definition) is 1. The molecule has 0 aliphatic heterocycles. The zero-order chi connectivity index (χ0) is 10.7. The van der Waals surface area contributed by atoms with Crippen molar-refractivity contribution < 1.29 is 0 Å². The first kappa shape index (κ1) is 11.3. The minimum Gasteiger partial charge on any atom is -0.324 e. The molecular weight excluding hydrogens is 170 g/mol. The van der Waals surface area contributed by atoms with E-state index in [4.69, 9.17) is 5.73 Å². The molecule has 0 heterocycles. The molecule has 0 unspecified atom stereocenters. The Morgan fingerprint density at radius 1 is 1.07 bits per heavy atom. The summed E-state index contributed by atoms with van der Waals surface area (Å²) < 4.78 is 0. The zero-order valence-corrected chi connectivity index (χ0v) is 9.72. The number of nitrogens with two attached hydrogens (primary N) is 1. The molecule has 0 spiro atoms. The lowest BCUT2D eigenvalue weighted by molar-refractivity contribution is 0.634. The van der Waals surface area contributed by atoms with E-state index in [1.165, 1.54) is 22.3 Å². The van der Waals surface area contributed by atoms with Gasteiger partial charge in [-0.3, -0.25) is 0 Å². The third-order valence-corrected chi connectivity index (χ3v) is 2.88. The monoisotopic (exact) mass is 191 g/mol. The zero-order valence-electron chi connectivity index (χ0n) is 9.72. The van der Waals surface area contributed by atoms with Crippen molar-refractivity contribution in [3.05, 3.63) is 34.4 Å². The molecule has 1 rings (SSSR count). The van der Waals surface area contributed by atoms with Crippen LogP contribution in [0.25, 0.3) is 0 Å². The second-order valence-electron chi connectivity index (χ2n) is 4.19. The highest BCUT2D eigenvalue weighted by atomic mass is 14.6. The first-order valence-electron chi connectivity index (χ1n) is 5.39. The fourth-order valence-corrected chi connectivity index (χ4v) is 1.85. The Hall–Kier alpha value is -0.820. The molecule has 78 valence electrons. The highest BCUT2D eigenvalue weighted by Crippen LogP contribution is 2.23. The topological polar surface area (TPSA) is 26.0 Å². The van der Waals surface area contributed by atoms with Crippen molar-refractivity contribution in [3.8, 4) is 0 Å². The molecule has 0 fully saturated rings. The third-order valence-electron chi connectivity index (χ3n) is 2.88. The quantitative estimate of drug-likeness (QED) is 0.778. The number of rotatable bonds is 3. The molecular formula is C13H21N. The molecule has 0 saturated heterocycles. The average molecular weight is 191 g/mol. The van der Waals surface area contributed by atoms with Crippen LogP contribution in [0.4, 0.5) is 0 Å². The van der Waals surface area contributed by atoms with Crippen LogP contribution in [0.3, 0.4) is 0 Å². The van der Waals surface area contributed by atoms with Gasteiger partial charge in [-0.05, 0) is 49.4 Å². The normalized spacial score (nSPS) is 12.9. The van der Waals surface area contributed by atoms with E-state index in [9.17, 15) is 0 Å². The minimum atomic E-state index is 0.208. The first-order chi connectivity index (χ1) is 6.56. The van der Waals surface area contributed by atoms with Gasteiger partial charge in [-0.2, -0.15) is 0 Å². The van der Waals surface area contributed by atoms with Crippen LogP contribution >= 0.6 is 0 Å². The Balaban J connectivity index is 3.02. The molecule has 0 radical (unpaired) electrons. The van der Waals surface area contributed by atoms with E-state index in [0.717, 1.165) is 12.8 Å². The molecule has 0 saturated carbocycles. The molecule has 2 N–H and O–H groups in total. The summed E-state index contributed by atoms with van der Waals surface area (Å²) in [5.41, 5.74) is 11.5. The van der Waals surface area contributed by atoms with Crippen molar-refractivity contribution in [1.82, 2.24) is 0 Å². The van der Waals surface area contributed by atoms with Crippen LogP contribution in [0.15, 0.2) is 12.1 Å². The molecule has 0 aliphatic carbocycles. The molecule has 1 nitrogen and oxygen atoms in total. The van der Waals surface area contributed by atoms with E-state index < -0.39 is 0 Å². The SMILES string of the molecule is CCC[C@@H](N)c1cc(C)c(C)cc1C. The van der Waals surface area contributed by atoms with Gasteiger partial charge in [-0.15, -0.1) is 0 Å². The lowest BCUT2D eigenvalue weighted by Gasteiger charge is -2.16. The Bertz CT molecular complexity index is 315. The van der Waals surface area contributed by atoms with Crippen LogP contribution in [0.1, 0.15) is 48.1 Å². The second kappa shape index (κ2) is 4.61. The van der Waals surface area contributed by atoms with E-state index in [1.54, 1.807) is 0 Å². The molecule has 0 amide bonds. The standard InChI is InChI=1S/C13H21N/c1-5-6-13(14)12-8-10(3)9(2)7-11(12)4/h7-8,13H,5-6,14H2,1-4H3/t13-/m1/s1. The van der Waals surface area contributed by atoms with E-state index in [2.05, 4.69) is 39.8 Å². The summed E-state index contributed by atoms with van der Waals surface area (Å²) in [5, 5.41) is 0. The van der Waals surface area contributed by atoms with Crippen LogP contribution < -0.4 is 5.73 Å². The van der Waals surface area contributed by atoms with E-state index in [1.807, 2.05) is 0 Å². The maximum absolute atomic E-state index is 6.13. The van der Waals surface area contributed by atoms with Gasteiger partial charge in [0.1, 0.15) is 0 Å². The van der Waals surface area contributed by atoms with Crippen LogP contribution in [-0.4, -0.2) is 0 Å². The van der Waals surface area contributed by atoms with Crippen molar-refractivity contribution in [3.63, 3.8) is 0 Å². The summed E-state index contributed by atoms with van der Waals surface area (Å²) in [6.45, 7) is 8.63. The third kappa shape index (κ3) is 2.36. The maximum atomic E-state index is 6.13. The van der Waals surface area contributed by atoms with Gasteiger partial charge in [-0.25, -0.2) is 0 Å². The van der Waals surface area contributed by atoms with Crippen LogP contribution in [0, 0.1) is 20.8 Å². The van der Waals surface area contributed by atoms with E-state index in [-0.39, 0.29) is 6.04 Å². The molecule has 14 heavy (non-hydrogen) atoms. The summed E-state index contributed by atoms with van der Waals surface area (Å²) in [6, 6.07) is 4.69. The summed E-state index contributed by atoms with van der Waals surface area (Å²) in [5.74, 6) is 0. The highest BCUT2D eigenvalue weighted by Gasteiger charge is 2.09. The van der Waals surface area contributed by atoms with Gasteiger partial charge in [0.25, 0.3) is 0 Å². The molecule has 0 aromatic heterocycles. The smallest absolute Gasteiger partial charge is 0.0297 e. The number of hydrogen-bond acceptors (Lipinski definition) is 1. The Morgan fingerprint density at radius 3 is 2.21 bits per heavy atom. The Morgan fingerprint density at radius 2 is 1.64 bits per heavy atom. The van der Waals surface area contributed by atoms with Gasteiger partial charge in [0.2, 0.25) is 0 Å². The van der Waals surface area contributed by atoms with E-state index in [0.29, 0.717) is 0 Å². The Labute approximate surface area is 87.3 Å². The van der Waals surface area contributed by atoms with Gasteiger partial charge in [0.05, 0.1) is 0 Å². The second-order valence-corrected chi connectivity index (χ2v) is 4.19. The first-order valence-corrected chi connectivity index (χ1v) is 5.39. The lowest BCUT2D eigenvalue weighted by atomic mass is 9.94. The van der Waals surface area contributed by atoms with Crippen molar-refractivity contribution in [1.29, 1.82) is 0 Å². The minimum absolute atomic E-state index is 0.208. The van der Waals surface area contributed by atoms with Gasteiger partial charge < -0.3 is 5.73 Å². The summed E-state index contributed by atoms with van der Waals surface area (Å²) >= 11 is 0. The van der Waals surface area contributed by atoms with Gasteiger partial charge in [0.15, 0.2) is 0 Å². The molecule has 1 aromatic rings. The molecule has 1 atom stereocenters. The van der Waals surface area contributed by atoms with Gasteiger partial charge in [0, 0.05) is 6.04 Å². The number of aryl methyl sites for hydroxylation is 3. The fraction of sp³-hybridized carbons (Fsp3) is 0.538. The highest BCUT2D eigenvalue weighted by molar-refractivity contribution is 5.38. The van der Waals surface area contributed by atoms with Crippen molar-refractivity contribution >= 4 is 0 Å². The maximum Gasteiger partial charge on any atom is 0.0297 e. The number of benzene rings is 1. The Kier molecular flexibility index (Phi) is 3.70.